The third-order valence-corrected chi connectivity index (χ3v) is 11.4. The van der Waals surface area contributed by atoms with E-state index < -0.39 is 6.10 Å². The van der Waals surface area contributed by atoms with Gasteiger partial charge in [-0.05, 0) is 94.3 Å². The van der Waals surface area contributed by atoms with Crippen LogP contribution in [0.25, 0.3) is 0 Å². The van der Waals surface area contributed by atoms with Crippen LogP contribution in [0, 0.1) is 35.5 Å². The Labute approximate surface area is 218 Å². The molecule has 6 rings (SSSR count). The summed E-state index contributed by atoms with van der Waals surface area (Å²) < 4.78 is 0. The third-order valence-electron chi connectivity index (χ3n) is 11.4. The van der Waals surface area contributed by atoms with Crippen LogP contribution < -0.4 is 10.6 Å². The maximum atomic E-state index is 13.5. The van der Waals surface area contributed by atoms with Crippen molar-refractivity contribution >= 4 is 5.91 Å². The van der Waals surface area contributed by atoms with Crippen molar-refractivity contribution in [3.8, 4) is 0 Å². The Morgan fingerprint density at radius 3 is 2.39 bits per heavy atom. The van der Waals surface area contributed by atoms with Gasteiger partial charge in [-0.25, -0.2) is 0 Å². The van der Waals surface area contributed by atoms with Crippen molar-refractivity contribution in [2.75, 3.05) is 0 Å². The first-order chi connectivity index (χ1) is 17.6. The number of rotatable bonds is 4. The molecule has 1 saturated heterocycles. The summed E-state index contributed by atoms with van der Waals surface area (Å²) in [5.41, 5.74) is 0. The highest BCUT2D eigenvalue weighted by Crippen LogP contribution is 2.53. The van der Waals surface area contributed by atoms with Gasteiger partial charge < -0.3 is 15.7 Å². The van der Waals surface area contributed by atoms with E-state index in [9.17, 15) is 9.90 Å². The average molecular weight is 499 g/mol. The van der Waals surface area contributed by atoms with E-state index >= 15 is 0 Å². The molecule has 3 N–H and O–H groups in total. The number of fused-ring (bicyclic) bond motifs is 5. The molecule has 0 radical (unpaired) electrons. The lowest BCUT2D eigenvalue weighted by Gasteiger charge is -2.50. The molecule has 9 atom stereocenters. The summed E-state index contributed by atoms with van der Waals surface area (Å²) in [4.78, 5) is 13.5. The van der Waals surface area contributed by atoms with Crippen LogP contribution in [-0.2, 0) is 4.79 Å². The van der Waals surface area contributed by atoms with Gasteiger partial charge in [0, 0.05) is 24.0 Å². The second-order valence-corrected chi connectivity index (χ2v) is 13.6. The maximum Gasteiger partial charge on any atom is 0.226 e. The number of carbonyl (C=O) groups excluding carboxylic acids is 1. The van der Waals surface area contributed by atoms with Gasteiger partial charge in [-0.15, -0.1) is 0 Å². The first kappa shape index (κ1) is 25.3. The van der Waals surface area contributed by atoms with E-state index in [0.29, 0.717) is 35.9 Å². The fourth-order valence-corrected chi connectivity index (χ4v) is 9.39. The molecule has 6 nitrogen and oxygen atoms in total. The van der Waals surface area contributed by atoms with Crippen LogP contribution in [0.15, 0.2) is 10.2 Å². The molecular weight excluding hydrogens is 448 g/mol. The van der Waals surface area contributed by atoms with Gasteiger partial charge in [0.15, 0.2) is 0 Å². The topological polar surface area (TPSA) is 86.1 Å². The lowest BCUT2D eigenvalue weighted by atomic mass is 9.58. The number of nitrogens with zero attached hydrogens (tertiary/aromatic N) is 2. The van der Waals surface area contributed by atoms with Crippen molar-refractivity contribution < 1.29 is 9.90 Å². The number of aliphatic hydroxyl groups excluding tert-OH is 1. The number of amides is 1. The smallest absolute Gasteiger partial charge is 0.226 e. The summed E-state index contributed by atoms with van der Waals surface area (Å²) in [6, 6.07) is 1.42. The summed E-state index contributed by atoms with van der Waals surface area (Å²) in [6.07, 6.45) is 18.5. The Bertz CT molecular complexity index is 790. The highest BCUT2D eigenvalue weighted by Gasteiger charge is 2.57. The van der Waals surface area contributed by atoms with Crippen LogP contribution in [0.3, 0.4) is 0 Å². The summed E-state index contributed by atoms with van der Waals surface area (Å²) in [6.45, 7) is 2.34. The summed E-state index contributed by atoms with van der Waals surface area (Å²) in [7, 11) is 0. The zero-order chi connectivity index (χ0) is 24.6. The summed E-state index contributed by atoms with van der Waals surface area (Å²) in [5, 5.41) is 29.1. The number of aliphatic hydroxyl groups is 1. The number of azo groups is 1. The van der Waals surface area contributed by atoms with Crippen molar-refractivity contribution in [1.82, 2.24) is 10.6 Å². The Hall–Kier alpha value is -1.01. The van der Waals surface area contributed by atoms with Crippen LogP contribution >= 0.6 is 0 Å². The molecule has 1 amide bonds. The van der Waals surface area contributed by atoms with Crippen molar-refractivity contribution in [2.45, 2.75) is 146 Å². The van der Waals surface area contributed by atoms with Crippen LogP contribution in [0.2, 0.25) is 0 Å². The van der Waals surface area contributed by atoms with Gasteiger partial charge in [-0.1, -0.05) is 39.0 Å². The third kappa shape index (κ3) is 5.02. The Morgan fingerprint density at radius 2 is 1.58 bits per heavy atom. The molecule has 6 heteroatoms. The van der Waals surface area contributed by atoms with Gasteiger partial charge in [0.05, 0.1) is 18.1 Å². The molecule has 1 aliphatic heterocycles. The van der Waals surface area contributed by atoms with Crippen molar-refractivity contribution in [1.29, 1.82) is 0 Å². The molecule has 6 fully saturated rings. The van der Waals surface area contributed by atoms with Crippen LogP contribution in [0.4, 0.5) is 0 Å². The highest BCUT2D eigenvalue weighted by molar-refractivity contribution is 5.80. The van der Waals surface area contributed by atoms with E-state index in [-0.39, 0.29) is 23.9 Å². The molecule has 36 heavy (non-hydrogen) atoms. The van der Waals surface area contributed by atoms with Crippen LogP contribution in [-0.4, -0.2) is 47.3 Å². The normalized spacial score (nSPS) is 47.7. The Balaban J connectivity index is 1.23. The molecule has 0 aromatic rings. The molecule has 1 heterocycles. The summed E-state index contributed by atoms with van der Waals surface area (Å²) in [5.74, 6) is 2.81. The van der Waals surface area contributed by atoms with Gasteiger partial charge in [-0.3, -0.25) is 4.79 Å². The predicted octanol–water partition coefficient (Wildman–Crippen LogP) is 5.39. The van der Waals surface area contributed by atoms with Gasteiger partial charge in [0.1, 0.15) is 6.04 Å². The van der Waals surface area contributed by atoms with E-state index in [1.54, 1.807) is 0 Å². The number of nitrogens with one attached hydrogen (secondary N) is 2. The Morgan fingerprint density at radius 1 is 0.833 bits per heavy atom. The van der Waals surface area contributed by atoms with Gasteiger partial charge in [-0.2, -0.15) is 10.2 Å². The number of hydrogen-bond donors (Lipinski definition) is 3. The maximum absolute atomic E-state index is 13.5. The fraction of sp³-hybridized carbons (Fsp3) is 0.967. The van der Waals surface area contributed by atoms with E-state index in [4.69, 9.17) is 10.2 Å². The molecule has 0 bridgehead atoms. The molecule has 0 spiro atoms. The van der Waals surface area contributed by atoms with Gasteiger partial charge >= 0.3 is 0 Å². The molecule has 0 aromatic heterocycles. The zero-order valence-corrected chi connectivity index (χ0v) is 22.5. The highest BCUT2D eigenvalue weighted by atomic mass is 16.3. The molecule has 5 saturated carbocycles. The van der Waals surface area contributed by atoms with Crippen LogP contribution in [0.5, 0.6) is 0 Å². The predicted molar refractivity (Wildman–Crippen MR) is 142 cm³/mol. The second-order valence-electron chi connectivity index (χ2n) is 13.6. The average Bonchev–Trinajstić information content (AvgIpc) is 3.28. The lowest BCUT2D eigenvalue weighted by molar-refractivity contribution is -0.136. The van der Waals surface area contributed by atoms with E-state index in [2.05, 4.69) is 17.6 Å². The standard InChI is InChI=1S/C30H50N4O2/c1-18-11-14-21(15-12-18)33-34-28-26-19(13-16-23-22-9-5-6-10-25(22)32-27(23)26)17-24(29(28)35)30(36)31-20-7-3-2-4-8-20/h18-29,32,35H,2-17H2,1H3,(H,31,36). The molecule has 0 aromatic carbocycles. The van der Waals surface area contributed by atoms with Crippen LogP contribution in [0.1, 0.15) is 110 Å². The molecule has 9 unspecified atom stereocenters. The fourth-order valence-electron chi connectivity index (χ4n) is 9.39. The summed E-state index contributed by atoms with van der Waals surface area (Å²) >= 11 is 0. The quantitative estimate of drug-likeness (QED) is 0.454. The monoisotopic (exact) mass is 498 g/mol. The lowest BCUT2D eigenvalue weighted by Crippen LogP contribution is -2.59. The molecule has 202 valence electrons. The minimum atomic E-state index is -0.718. The van der Waals surface area contributed by atoms with Crippen molar-refractivity contribution in [3.05, 3.63) is 0 Å². The SMILES string of the molecule is CC1CCC(N=NC2C(O)C(C(=O)NC3CCCCC3)CC3CCC4C5CCCCC5NC4C32)CC1. The van der Waals surface area contributed by atoms with E-state index in [1.807, 2.05) is 0 Å². The first-order valence-corrected chi connectivity index (χ1v) is 15.7. The van der Waals surface area contributed by atoms with E-state index in [0.717, 1.165) is 43.9 Å². The Kier molecular flexibility index (Phi) is 7.72. The number of hydrogen-bond acceptors (Lipinski definition) is 5. The molecular formula is C30H50N4O2. The van der Waals surface area contributed by atoms with Gasteiger partial charge in [0.2, 0.25) is 5.91 Å². The minimum Gasteiger partial charge on any atom is -0.390 e. The van der Waals surface area contributed by atoms with Gasteiger partial charge in [0.25, 0.3) is 0 Å². The zero-order valence-electron chi connectivity index (χ0n) is 22.5. The minimum absolute atomic E-state index is 0.0784. The van der Waals surface area contributed by atoms with Crippen molar-refractivity contribution in [2.24, 2.45) is 45.7 Å². The van der Waals surface area contributed by atoms with E-state index in [1.165, 1.54) is 70.6 Å². The number of carbonyl (C=O) groups is 1. The molecule has 5 aliphatic carbocycles. The van der Waals surface area contributed by atoms with Crippen molar-refractivity contribution in [3.63, 3.8) is 0 Å². The first-order valence-electron chi connectivity index (χ1n) is 15.7. The second kappa shape index (κ2) is 11.0. The largest absolute Gasteiger partial charge is 0.390 e. The molecule has 6 aliphatic rings.